The number of aromatic nitrogens is 3. The number of hydrogen-bond acceptors (Lipinski definition) is 4. The van der Waals surface area contributed by atoms with Gasteiger partial charge in [-0.2, -0.15) is 0 Å². The molecule has 126 valence electrons. The third kappa shape index (κ3) is 2.97. The number of hydrogen-bond donors (Lipinski definition) is 0. The fourth-order valence-electron chi connectivity index (χ4n) is 3.54. The molecule has 0 saturated carbocycles. The number of fused-ring (bicyclic) bond motifs is 1. The number of amides is 1. The Balaban J connectivity index is 1.60. The minimum atomic E-state index is 0.0381. The van der Waals surface area contributed by atoms with Crippen LogP contribution in [0.3, 0.4) is 0 Å². The van der Waals surface area contributed by atoms with Crippen molar-refractivity contribution in [3.8, 4) is 0 Å². The number of carbonyl (C=O) groups excluding carboxylic acids is 1. The molecule has 1 aromatic carbocycles. The first kappa shape index (κ1) is 15.7. The topological polar surface area (TPSA) is 59.0 Å². The average Bonchev–Trinajstić information content (AvgIpc) is 3.10. The second-order valence-corrected chi connectivity index (χ2v) is 6.63. The Morgan fingerprint density at radius 3 is 2.68 bits per heavy atom. The summed E-state index contributed by atoms with van der Waals surface area (Å²) in [6.45, 7) is 5.35. The molecule has 0 spiro atoms. The highest BCUT2D eigenvalue weighted by molar-refractivity contribution is 6.05. The lowest BCUT2D eigenvalue weighted by Gasteiger charge is -2.17. The van der Waals surface area contributed by atoms with E-state index in [0.29, 0.717) is 12.1 Å². The maximum atomic E-state index is 13.0. The van der Waals surface area contributed by atoms with E-state index in [0.717, 1.165) is 41.1 Å². The molecule has 5 nitrogen and oxygen atoms in total. The lowest BCUT2D eigenvalue weighted by Crippen LogP contribution is -2.29. The average molecular weight is 332 g/mol. The molecule has 1 saturated heterocycles. The number of para-hydroxylation sites is 1. The van der Waals surface area contributed by atoms with Gasteiger partial charge in [0.15, 0.2) is 0 Å². The summed E-state index contributed by atoms with van der Waals surface area (Å²) in [7, 11) is 0. The number of benzene rings is 1. The molecule has 4 rings (SSSR count). The van der Waals surface area contributed by atoms with Gasteiger partial charge in [-0.05, 0) is 38.5 Å². The minimum absolute atomic E-state index is 0.0381. The van der Waals surface area contributed by atoms with Crippen molar-refractivity contribution in [2.45, 2.75) is 26.2 Å². The molecule has 0 N–H and O–H groups in total. The van der Waals surface area contributed by atoms with Gasteiger partial charge in [-0.1, -0.05) is 18.2 Å². The van der Waals surface area contributed by atoms with Crippen LogP contribution in [-0.2, 0) is 0 Å². The Kier molecular flexibility index (Phi) is 3.92. The molecule has 3 aromatic rings. The van der Waals surface area contributed by atoms with Gasteiger partial charge in [0.05, 0.1) is 11.1 Å². The first-order chi connectivity index (χ1) is 12.1. The van der Waals surface area contributed by atoms with Crippen molar-refractivity contribution in [2.24, 2.45) is 0 Å². The fraction of sp³-hybridized carbons (Fsp3) is 0.300. The highest BCUT2D eigenvalue weighted by Crippen LogP contribution is 2.27. The van der Waals surface area contributed by atoms with Crippen molar-refractivity contribution >= 4 is 16.8 Å². The molecule has 25 heavy (non-hydrogen) atoms. The summed E-state index contributed by atoms with van der Waals surface area (Å²) < 4.78 is 0. The summed E-state index contributed by atoms with van der Waals surface area (Å²) in [6.07, 6.45) is 2.63. The quantitative estimate of drug-likeness (QED) is 0.723. The van der Waals surface area contributed by atoms with E-state index in [2.05, 4.69) is 15.0 Å². The van der Waals surface area contributed by atoms with E-state index in [4.69, 9.17) is 0 Å². The third-order valence-corrected chi connectivity index (χ3v) is 4.70. The summed E-state index contributed by atoms with van der Waals surface area (Å²) in [5.41, 5.74) is 3.39. The van der Waals surface area contributed by atoms with Gasteiger partial charge in [0.2, 0.25) is 0 Å². The molecule has 0 aliphatic carbocycles. The molecule has 0 bridgehead atoms. The van der Waals surface area contributed by atoms with Crippen LogP contribution in [-0.4, -0.2) is 38.8 Å². The Hall–Kier alpha value is -2.82. The number of rotatable bonds is 2. The zero-order valence-corrected chi connectivity index (χ0v) is 14.4. The number of nitrogens with zero attached hydrogens (tertiary/aromatic N) is 4. The largest absolute Gasteiger partial charge is 0.338 e. The summed E-state index contributed by atoms with van der Waals surface area (Å²) in [5.74, 6) is 1.09. The van der Waals surface area contributed by atoms with Crippen LogP contribution in [0.5, 0.6) is 0 Å². The van der Waals surface area contributed by atoms with E-state index in [-0.39, 0.29) is 11.8 Å². The summed E-state index contributed by atoms with van der Waals surface area (Å²) >= 11 is 0. The first-order valence-corrected chi connectivity index (χ1v) is 8.57. The molecule has 5 heteroatoms. The lowest BCUT2D eigenvalue weighted by molar-refractivity contribution is 0.0792. The van der Waals surface area contributed by atoms with Crippen molar-refractivity contribution < 1.29 is 4.79 Å². The van der Waals surface area contributed by atoms with Crippen LogP contribution in [0, 0.1) is 13.8 Å². The van der Waals surface area contributed by atoms with Crippen molar-refractivity contribution in [1.82, 2.24) is 19.9 Å². The number of aryl methyl sites for hydroxylation is 2. The lowest BCUT2D eigenvalue weighted by atomic mass is 10.1. The maximum Gasteiger partial charge on any atom is 0.256 e. The maximum absolute atomic E-state index is 13.0. The smallest absolute Gasteiger partial charge is 0.256 e. The molecular formula is C20H20N4O. The van der Waals surface area contributed by atoms with Crippen LogP contribution in [0.25, 0.3) is 10.9 Å². The van der Waals surface area contributed by atoms with Gasteiger partial charge in [0, 0.05) is 42.0 Å². The van der Waals surface area contributed by atoms with Crippen LogP contribution >= 0.6 is 0 Å². The van der Waals surface area contributed by atoms with Crippen LogP contribution in [0.15, 0.2) is 42.6 Å². The van der Waals surface area contributed by atoms with E-state index in [1.54, 1.807) is 6.20 Å². The van der Waals surface area contributed by atoms with Gasteiger partial charge in [-0.25, -0.2) is 9.97 Å². The van der Waals surface area contributed by atoms with Crippen LogP contribution in [0.2, 0.25) is 0 Å². The molecule has 3 heterocycles. The predicted octanol–water partition coefficient (Wildman–Crippen LogP) is 3.27. The number of pyridine rings is 1. The Bertz CT molecular complexity index is 928. The van der Waals surface area contributed by atoms with Gasteiger partial charge >= 0.3 is 0 Å². The SMILES string of the molecule is Cc1cc(C)nc([C@H]2CCN(C(=O)c3cccc4cccnc34)C2)n1. The Morgan fingerprint density at radius 2 is 1.88 bits per heavy atom. The predicted molar refractivity (Wildman–Crippen MR) is 96.5 cm³/mol. The zero-order valence-electron chi connectivity index (χ0n) is 14.4. The summed E-state index contributed by atoms with van der Waals surface area (Å²) in [5, 5.41) is 0.988. The van der Waals surface area contributed by atoms with Crippen molar-refractivity contribution in [3.63, 3.8) is 0 Å². The van der Waals surface area contributed by atoms with E-state index < -0.39 is 0 Å². The number of carbonyl (C=O) groups is 1. The van der Waals surface area contributed by atoms with E-state index in [1.165, 1.54) is 0 Å². The molecule has 1 amide bonds. The monoisotopic (exact) mass is 332 g/mol. The zero-order chi connectivity index (χ0) is 17.4. The molecule has 1 atom stereocenters. The molecule has 1 fully saturated rings. The van der Waals surface area contributed by atoms with Gasteiger partial charge in [0.1, 0.15) is 5.82 Å². The van der Waals surface area contributed by atoms with Gasteiger partial charge < -0.3 is 4.90 Å². The van der Waals surface area contributed by atoms with Crippen LogP contribution in [0.1, 0.15) is 39.9 Å². The van der Waals surface area contributed by atoms with Crippen LogP contribution in [0.4, 0.5) is 0 Å². The molecular weight excluding hydrogens is 312 g/mol. The molecule has 0 radical (unpaired) electrons. The van der Waals surface area contributed by atoms with Crippen LogP contribution < -0.4 is 0 Å². The normalized spacial score (nSPS) is 17.2. The second kappa shape index (κ2) is 6.24. The van der Waals surface area contributed by atoms with Gasteiger partial charge in [-0.3, -0.25) is 9.78 Å². The molecule has 1 aliphatic rings. The van der Waals surface area contributed by atoms with E-state index in [9.17, 15) is 4.79 Å². The standard InChI is InChI=1S/C20H20N4O/c1-13-11-14(2)23-19(22-13)16-8-10-24(12-16)20(25)17-7-3-5-15-6-4-9-21-18(15)17/h3-7,9,11,16H,8,10,12H2,1-2H3/t16-/m0/s1. The molecule has 2 aromatic heterocycles. The van der Waals surface area contributed by atoms with E-state index in [1.807, 2.05) is 55.1 Å². The fourth-order valence-corrected chi connectivity index (χ4v) is 3.54. The highest BCUT2D eigenvalue weighted by Gasteiger charge is 2.30. The Morgan fingerprint density at radius 1 is 1.12 bits per heavy atom. The van der Waals surface area contributed by atoms with Gasteiger partial charge in [-0.15, -0.1) is 0 Å². The number of likely N-dealkylation sites (tertiary alicyclic amines) is 1. The highest BCUT2D eigenvalue weighted by atomic mass is 16.2. The minimum Gasteiger partial charge on any atom is -0.338 e. The first-order valence-electron chi connectivity index (χ1n) is 8.57. The summed E-state index contributed by atoms with van der Waals surface area (Å²) in [6, 6.07) is 11.6. The second-order valence-electron chi connectivity index (χ2n) is 6.63. The van der Waals surface area contributed by atoms with Crippen molar-refractivity contribution in [3.05, 3.63) is 65.4 Å². The van der Waals surface area contributed by atoms with Gasteiger partial charge in [0.25, 0.3) is 5.91 Å². The van der Waals surface area contributed by atoms with E-state index >= 15 is 0 Å². The third-order valence-electron chi connectivity index (χ3n) is 4.70. The molecule has 1 aliphatic heterocycles. The summed E-state index contributed by atoms with van der Waals surface area (Å²) in [4.78, 5) is 28.5. The van der Waals surface area contributed by atoms with Crippen molar-refractivity contribution in [2.75, 3.05) is 13.1 Å². The van der Waals surface area contributed by atoms with Crippen molar-refractivity contribution in [1.29, 1.82) is 0 Å². The molecule has 0 unspecified atom stereocenters. The Labute approximate surface area is 146 Å².